The molecule has 3 aliphatic rings. The Morgan fingerprint density at radius 1 is 0.725 bits per heavy atom. The summed E-state index contributed by atoms with van der Waals surface area (Å²) in [6.07, 6.45) is -6.05. The molecule has 27 nitrogen and oxygen atoms in total. The van der Waals surface area contributed by atoms with Gasteiger partial charge in [0.25, 0.3) is 25.6 Å². The van der Waals surface area contributed by atoms with E-state index in [1.54, 1.807) is 74.9 Å². The number of para-hydroxylation sites is 1. The van der Waals surface area contributed by atoms with Crippen LogP contribution >= 0.6 is 39.6 Å². The Morgan fingerprint density at radius 2 is 1.29 bits per heavy atom. The summed E-state index contributed by atoms with van der Waals surface area (Å²) in [4.78, 5) is 91.3. The van der Waals surface area contributed by atoms with Crippen LogP contribution in [0.3, 0.4) is 0 Å². The second-order valence-corrected chi connectivity index (χ2v) is 30.6. The Hall–Kier alpha value is -9.20. The first-order valence-electron chi connectivity index (χ1n) is 35.3. The van der Waals surface area contributed by atoms with Gasteiger partial charge in [0, 0.05) is 83.1 Å². The molecule has 9 aromatic rings. The maximum Gasteiger partial charge on any atom is 0.530 e. The standard InChI is InChI=1S/C78H82Cl2N9O18P2/c1-47(2)89(48(3)4)108(100-38-18-36-81)105-62-41-68(87-43-49(5)72(90)84-76(87)94)103-65(62)46-101-109(96,106-61-26-16-15-25-60(61)80)107-63-42-69(88-44-50(6)73(91)85-77(88)95)104-71(63)70(52-21-17-24-56(79)39-52)59-40-67(86-37-35-66(83-75(86)93)82-74(92)51-19-11-9-12-20-51)102-64(59)45-99-78(53-22-13-10-14-23-53,54-27-31-57(97-7)32-28-54)55-29-33-58(98-8)34-30-55/h9-17,19-23,25-35,37,39,43-44,47-48,59,62-65,67-71H,18,38,40-42,45-46H2,1-8H3,(H,84,90,94)(H,85,91,95)(H,82,83,92,93)/t59-,62+,63+,64+,65-,67-,68-,69-,70?,71+,108?,109?/m1/s1. The number of ether oxygens (including phenoxy) is 6. The molecule has 3 saturated heterocycles. The number of phosphoric acid groups is 1. The van der Waals surface area contributed by atoms with E-state index in [2.05, 4.69) is 32.4 Å². The van der Waals surface area contributed by atoms with Crippen LogP contribution in [-0.4, -0.2) is 116 Å². The molecule has 109 heavy (non-hydrogen) atoms. The number of halogens is 2. The van der Waals surface area contributed by atoms with Crippen molar-refractivity contribution in [2.45, 2.75) is 140 Å². The van der Waals surface area contributed by atoms with Crippen LogP contribution in [0.1, 0.15) is 122 Å². The number of nitriles is 1. The monoisotopic (exact) mass is 1560 g/mol. The number of rotatable bonds is 31. The number of aryl methyl sites for hydroxylation is 2. The minimum absolute atomic E-state index is 0.00301. The van der Waals surface area contributed by atoms with Crippen molar-refractivity contribution >= 4 is 51.3 Å². The minimum atomic E-state index is -5.26. The molecule has 1 radical (unpaired) electrons. The van der Waals surface area contributed by atoms with Crippen molar-refractivity contribution in [2.24, 2.45) is 5.92 Å². The Morgan fingerprint density at radius 3 is 1.88 bits per heavy atom. The van der Waals surface area contributed by atoms with Crippen LogP contribution in [0.25, 0.3) is 0 Å². The zero-order valence-corrected chi connectivity index (χ0v) is 64.1. The summed E-state index contributed by atoms with van der Waals surface area (Å²) < 4.78 is 96.1. The maximum atomic E-state index is 16.7. The van der Waals surface area contributed by atoms with Gasteiger partial charge < -0.3 is 47.3 Å². The molecule has 6 heterocycles. The van der Waals surface area contributed by atoms with Gasteiger partial charge in [0.15, 0.2) is 0 Å². The van der Waals surface area contributed by atoms with Gasteiger partial charge in [0.05, 0.1) is 69.9 Å². The molecule has 3 aliphatic heterocycles. The fraction of sp³-hybridized carbons (Fsp3) is 0.359. The first-order valence-corrected chi connectivity index (χ1v) is 38.6. The smallest absolute Gasteiger partial charge is 0.497 e. The van der Waals surface area contributed by atoms with Crippen molar-refractivity contribution in [3.05, 3.63) is 284 Å². The third-order valence-corrected chi connectivity index (χ3v) is 23.2. The average Bonchev–Trinajstić information content (AvgIpc) is 0.810. The number of aromatic nitrogens is 6. The summed E-state index contributed by atoms with van der Waals surface area (Å²) in [6, 6.07) is 50.4. The van der Waals surface area contributed by atoms with Crippen molar-refractivity contribution in [1.82, 2.24) is 33.3 Å². The lowest BCUT2D eigenvalue weighted by atomic mass is 9.76. The van der Waals surface area contributed by atoms with E-state index in [0.717, 1.165) is 0 Å². The van der Waals surface area contributed by atoms with Crippen LogP contribution in [0.15, 0.2) is 200 Å². The SMILES string of the molecule is COc1ccc(C(OC[C@@H]2O[C@@H](n3ccc(NC(=O)c4ccccc4)nc3=O)C[C@H]2C(c2cc[c]c(Cl)c2)[C@H]2O[C@@H](n3cc(C)c(=O)[nH]c3=O)C[C@@H]2OP(=O)(OC[C@H]2O[C@@H](n3cc(C)c(=O)[nH]c3=O)C[C@@H]2OP(OCCC#N)N(C(C)C)C(C)C)Oc2ccccc2Cl)(c2ccccc2)c2ccc(OC)cc2)cc1. The van der Waals surface area contributed by atoms with Crippen molar-refractivity contribution in [3.63, 3.8) is 0 Å². The lowest BCUT2D eigenvalue weighted by Crippen LogP contribution is -2.41. The highest BCUT2D eigenvalue weighted by Crippen LogP contribution is 2.59. The van der Waals surface area contributed by atoms with Gasteiger partial charge in [-0.2, -0.15) is 10.2 Å². The highest BCUT2D eigenvalue weighted by Gasteiger charge is 2.55. The van der Waals surface area contributed by atoms with Gasteiger partial charge in [-0.15, -0.1) is 0 Å². The lowest BCUT2D eigenvalue weighted by molar-refractivity contribution is -0.0965. The highest BCUT2D eigenvalue weighted by atomic mass is 35.5. The van der Waals surface area contributed by atoms with Crippen molar-refractivity contribution in [1.29, 1.82) is 5.26 Å². The molecule has 12 atom stereocenters. The fourth-order valence-corrected chi connectivity index (χ4v) is 17.6. The summed E-state index contributed by atoms with van der Waals surface area (Å²) >= 11 is 13.9. The number of phosphoric ester groups is 1. The number of amides is 1. The van der Waals surface area contributed by atoms with E-state index in [1.165, 1.54) is 64.3 Å². The third kappa shape index (κ3) is 18.2. The topological polar surface area (TPSA) is 319 Å². The van der Waals surface area contributed by atoms with Gasteiger partial charge in [0.2, 0.25) is 0 Å². The van der Waals surface area contributed by atoms with E-state index in [4.69, 9.17) is 74.2 Å². The number of H-pyrrole nitrogens is 2. The Labute approximate surface area is 639 Å². The van der Waals surface area contributed by atoms with Crippen molar-refractivity contribution < 1.29 is 60.4 Å². The minimum Gasteiger partial charge on any atom is -0.497 e. The molecular weight excluding hydrogens is 1480 g/mol. The summed E-state index contributed by atoms with van der Waals surface area (Å²) in [5, 5.41) is 12.5. The number of nitrogens with one attached hydrogen (secondary N) is 3. The zero-order chi connectivity index (χ0) is 77.3. The molecule has 0 bridgehead atoms. The van der Waals surface area contributed by atoms with Gasteiger partial charge in [-0.05, 0) is 131 Å². The molecule has 3 aromatic heterocycles. The first-order chi connectivity index (χ1) is 52.5. The second kappa shape index (κ2) is 35.2. The quantitative estimate of drug-likeness (QED) is 0.0206. The van der Waals surface area contributed by atoms with Crippen LogP contribution in [0, 0.1) is 37.2 Å². The van der Waals surface area contributed by atoms with E-state index in [-0.39, 0.29) is 83.7 Å². The number of benzene rings is 6. The average molecular weight is 1570 g/mol. The van der Waals surface area contributed by atoms with E-state index in [0.29, 0.717) is 39.3 Å². The largest absolute Gasteiger partial charge is 0.530 e. The third-order valence-electron chi connectivity index (χ3n) is 19.1. The molecule has 12 rings (SSSR count). The van der Waals surface area contributed by atoms with Gasteiger partial charge in [-0.25, -0.2) is 23.6 Å². The van der Waals surface area contributed by atoms with E-state index in [9.17, 15) is 34.0 Å². The van der Waals surface area contributed by atoms with Crippen LogP contribution in [-0.2, 0) is 47.2 Å². The predicted molar refractivity (Wildman–Crippen MR) is 406 cm³/mol. The van der Waals surface area contributed by atoms with Gasteiger partial charge in [-0.3, -0.25) is 47.1 Å². The molecule has 31 heteroatoms. The first kappa shape index (κ1) is 79.4. The van der Waals surface area contributed by atoms with Crippen LogP contribution < -0.4 is 47.5 Å². The molecule has 0 spiro atoms. The molecule has 6 aromatic carbocycles. The number of carbonyl (C=O) groups is 1. The highest BCUT2D eigenvalue weighted by molar-refractivity contribution is 7.49. The van der Waals surface area contributed by atoms with Crippen LogP contribution in [0.2, 0.25) is 10.0 Å². The molecule has 571 valence electrons. The van der Waals surface area contributed by atoms with Gasteiger partial charge in [0.1, 0.15) is 59.6 Å². The molecule has 1 amide bonds. The number of carbonyl (C=O) groups excluding carboxylic acids is 1. The number of anilines is 1. The predicted octanol–water partition coefficient (Wildman–Crippen LogP) is 12.9. The van der Waals surface area contributed by atoms with Gasteiger partial charge in [-0.1, -0.05) is 120 Å². The summed E-state index contributed by atoms with van der Waals surface area (Å²) in [6.45, 7) is 9.96. The van der Waals surface area contributed by atoms with Crippen LogP contribution in [0.5, 0.6) is 17.2 Å². The summed E-state index contributed by atoms with van der Waals surface area (Å²) in [5.74, 6) is -1.51. The number of aromatic amines is 2. The molecule has 3 fully saturated rings. The summed E-state index contributed by atoms with van der Waals surface area (Å²) in [7, 11) is -4.14. The van der Waals surface area contributed by atoms with E-state index in [1.807, 2.05) is 111 Å². The normalized spacial score (nSPS) is 21.1. The Kier molecular flexibility index (Phi) is 25.6. The van der Waals surface area contributed by atoms with Crippen LogP contribution in [0.4, 0.5) is 5.82 Å². The fourth-order valence-electron chi connectivity index (χ4n) is 14.0. The second-order valence-electron chi connectivity index (χ2n) is 26.9. The Balaban J connectivity index is 0.998. The maximum absolute atomic E-state index is 16.7. The molecule has 3 N–H and O–H groups in total. The molecule has 3 unspecified atom stereocenters. The molecular formula is C78H82Cl2N9O18P2. The number of hydrogen-bond acceptors (Lipinski definition) is 21. The molecule has 0 aliphatic carbocycles. The lowest BCUT2D eigenvalue weighted by Gasteiger charge is -2.39. The number of hydrogen-bond donors (Lipinski definition) is 3. The van der Waals surface area contributed by atoms with E-state index >= 15 is 4.57 Å². The molecule has 0 saturated carbocycles. The zero-order valence-electron chi connectivity index (χ0n) is 60.8. The number of methoxy groups -OCH3 is 2. The van der Waals surface area contributed by atoms with Crippen molar-refractivity contribution in [2.75, 3.05) is 39.4 Å². The van der Waals surface area contributed by atoms with E-state index < -0.39 is 124 Å². The van der Waals surface area contributed by atoms with Crippen molar-refractivity contribution in [3.8, 4) is 23.3 Å². The summed E-state index contributed by atoms with van der Waals surface area (Å²) in [5.41, 5.74) is -1.98. The van der Waals surface area contributed by atoms with Gasteiger partial charge >= 0.3 is 24.9 Å². The number of nitrogens with zero attached hydrogens (tertiary/aromatic N) is 6. The Bertz CT molecular complexity index is 5010.